The van der Waals surface area contributed by atoms with Crippen LogP contribution < -0.4 is 5.32 Å². The molecule has 6 heteroatoms. The number of nitrogens with zero attached hydrogens (tertiary/aromatic N) is 2. The Morgan fingerprint density at radius 2 is 2.17 bits per heavy atom. The summed E-state index contributed by atoms with van der Waals surface area (Å²) in [5.41, 5.74) is 1.22. The van der Waals surface area contributed by atoms with Crippen molar-refractivity contribution in [1.82, 2.24) is 10.1 Å². The molecule has 0 radical (unpaired) electrons. The van der Waals surface area contributed by atoms with Crippen molar-refractivity contribution in [2.24, 2.45) is 0 Å². The molecule has 0 aliphatic heterocycles. The van der Waals surface area contributed by atoms with Crippen LogP contribution in [0.4, 0.5) is 10.7 Å². The molecule has 1 aromatic carbocycles. The maximum atomic E-state index is 11.3. The SMILES string of the molecule is O=C(Nc1ncon1)OCCCc1ccccc1. The summed E-state index contributed by atoms with van der Waals surface area (Å²) >= 11 is 0. The summed E-state index contributed by atoms with van der Waals surface area (Å²) in [6.07, 6.45) is 2.19. The first-order valence-electron chi connectivity index (χ1n) is 5.58. The standard InChI is InChI=1S/C12H13N3O3/c16-12(14-11-13-9-18-15-11)17-8-4-7-10-5-2-1-3-6-10/h1-3,5-6,9H,4,7-8H2,(H,14,15,16). The molecule has 1 heterocycles. The molecule has 2 rings (SSSR count). The van der Waals surface area contributed by atoms with Gasteiger partial charge in [0.2, 0.25) is 6.39 Å². The van der Waals surface area contributed by atoms with Crippen LogP contribution in [0, 0.1) is 0 Å². The lowest BCUT2D eigenvalue weighted by molar-refractivity contribution is 0.160. The quantitative estimate of drug-likeness (QED) is 0.820. The zero-order valence-corrected chi connectivity index (χ0v) is 9.70. The van der Waals surface area contributed by atoms with Gasteiger partial charge in [0.15, 0.2) is 0 Å². The van der Waals surface area contributed by atoms with Gasteiger partial charge in [0.05, 0.1) is 6.61 Å². The van der Waals surface area contributed by atoms with Gasteiger partial charge >= 0.3 is 6.09 Å². The molecule has 1 amide bonds. The highest BCUT2D eigenvalue weighted by Gasteiger charge is 2.05. The van der Waals surface area contributed by atoms with Crippen LogP contribution in [0.5, 0.6) is 0 Å². The summed E-state index contributed by atoms with van der Waals surface area (Å²) < 4.78 is 9.43. The predicted octanol–water partition coefficient (Wildman–Crippen LogP) is 2.25. The average Bonchev–Trinajstić information content (AvgIpc) is 2.89. The maximum absolute atomic E-state index is 11.3. The van der Waals surface area contributed by atoms with E-state index < -0.39 is 6.09 Å². The van der Waals surface area contributed by atoms with Gasteiger partial charge in [0, 0.05) is 0 Å². The van der Waals surface area contributed by atoms with E-state index in [1.165, 1.54) is 5.56 Å². The molecule has 18 heavy (non-hydrogen) atoms. The molecule has 6 nitrogen and oxygen atoms in total. The van der Waals surface area contributed by atoms with Gasteiger partial charge < -0.3 is 9.26 Å². The first-order chi connectivity index (χ1) is 8.84. The Labute approximate surface area is 104 Å². The van der Waals surface area contributed by atoms with E-state index in [-0.39, 0.29) is 5.95 Å². The second kappa shape index (κ2) is 6.39. The van der Waals surface area contributed by atoms with Gasteiger partial charge in [0.1, 0.15) is 0 Å². The lowest BCUT2D eigenvalue weighted by Crippen LogP contribution is -2.15. The topological polar surface area (TPSA) is 77.3 Å². The maximum Gasteiger partial charge on any atom is 0.414 e. The van der Waals surface area contributed by atoms with Crippen LogP contribution in [0.25, 0.3) is 0 Å². The predicted molar refractivity (Wildman–Crippen MR) is 64.0 cm³/mol. The number of ether oxygens (including phenoxy) is 1. The van der Waals surface area contributed by atoms with E-state index in [0.717, 1.165) is 19.2 Å². The Morgan fingerprint density at radius 1 is 1.33 bits per heavy atom. The van der Waals surface area contributed by atoms with E-state index in [1.54, 1.807) is 0 Å². The molecule has 0 aliphatic rings. The van der Waals surface area contributed by atoms with Crippen molar-refractivity contribution in [1.29, 1.82) is 0 Å². The van der Waals surface area contributed by atoms with Crippen LogP contribution >= 0.6 is 0 Å². The Bertz CT molecular complexity index is 471. The van der Waals surface area contributed by atoms with Gasteiger partial charge in [-0.25, -0.2) is 4.79 Å². The number of nitrogens with one attached hydrogen (secondary N) is 1. The molecule has 0 aliphatic carbocycles. The fraction of sp³-hybridized carbons (Fsp3) is 0.250. The molecule has 1 aromatic heterocycles. The monoisotopic (exact) mass is 247 g/mol. The highest BCUT2D eigenvalue weighted by Crippen LogP contribution is 2.03. The molecular weight excluding hydrogens is 234 g/mol. The largest absolute Gasteiger partial charge is 0.449 e. The Balaban J connectivity index is 1.62. The number of rotatable bonds is 5. The molecule has 0 fully saturated rings. The van der Waals surface area contributed by atoms with Crippen molar-refractivity contribution >= 4 is 12.0 Å². The van der Waals surface area contributed by atoms with Crippen LogP contribution in [0.3, 0.4) is 0 Å². The zero-order chi connectivity index (χ0) is 12.6. The smallest absolute Gasteiger partial charge is 0.414 e. The number of carbonyl (C=O) groups is 1. The van der Waals surface area contributed by atoms with Crippen LogP contribution in [0.2, 0.25) is 0 Å². The normalized spacial score (nSPS) is 10.0. The van der Waals surface area contributed by atoms with E-state index in [4.69, 9.17) is 4.74 Å². The number of anilines is 1. The summed E-state index contributed by atoms with van der Waals surface area (Å²) in [4.78, 5) is 14.9. The molecular formula is C12H13N3O3. The molecule has 0 spiro atoms. The fourth-order valence-electron chi connectivity index (χ4n) is 1.44. The lowest BCUT2D eigenvalue weighted by Gasteiger charge is -2.04. The summed E-state index contributed by atoms with van der Waals surface area (Å²) in [5.74, 6) is 0.100. The van der Waals surface area contributed by atoms with Crippen LogP contribution in [-0.4, -0.2) is 22.8 Å². The Morgan fingerprint density at radius 3 is 2.89 bits per heavy atom. The molecule has 1 N–H and O–H groups in total. The third-order valence-electron chi connectivity index (χ3n) is 2.26. The van der Waals surface area contributed by atoms with Gasteiger partial charge in [-0.1, -0.05) is 30.3 Å². The molecule has 0 saturated carbocycles. The third kappa shape index (κ3) is 3.89. The number of amides is 1. The van der Waals surface area contributed by atoms with Crippen LogP contribution in [0.15, 0.2) is 41.2 Å². The van der Waals surface area contributed by atoms with Crippen molar-refractivity contribution in [3.8, 4) is 0 Å². The van der Waals surface area contributed by atoms with Crippen molar-refractivity contribution in [3.05, 3.63) is 42.3 Å². The minimum atomic E-state index is -0.579. The number of hydrogen-bond acceptors (Lipinski definition) is 5. The summed E-state index contributed by atoms with van der Waals surface area (Å²) in [6.45, 7) is 0.346. The summed E-state index contributed by atoms with van der Waals surface area (Å²) in [5, 5.41) is 5.78. The van der Waals surface area contributed by atoms with E-state index in [9.17, 15) is 4.79 Å². The van der Waals surface area contributed by atoms with Crippen LogP contribution in [-0.2, 0) is 11.2 Å². The summed E-state index contributed by atoms with van der Waals surface area (Å²) in [6, 6.07) is 10.0. The number of aromatic nitrogens is 2. The second-order valence-electron chi connectivity index (χ2n) is 3.60. The molecule has 94 valence electrons. The first kappa shape index (κ1) is 12.1. The third-order valence-corrected chi connectivity index (χ3v) is 2.26. The van der Waals surface area contributed by atoms with E-state index in [1.807, 2.05) is 30.3 Å². The van der Waals surface area contributed by atoms with Gasteiger partial charge in [0.25, 0.3) is 5.95 Å². The van der Waals surface area contributed by atoms with E-state index in [2.05, 4.69) is 20.0 Å². The number of carbonyl (C=O) groups excluding carboxylic acids is 1. The van der Waals surface area contributed by atoms with Crippen LogP contribution in [0.1, 0.15) is 12.0 Å². The highest BCUT2D eigenvalue weighted by atomic mass is 16.5. The minimum absolute atomic E-state index is 0.100. The second-order valence-corrected chi connectivity index (χ2v) is 3.60. The van der Waals surface area contributed by atoms with Crippen molar-refractivity contribution in [2.45, 2.75) is 12.8 Å². The fourth-order valence-corrected chi connectivity index (χ4v) is 1.44. The molecule has 0 unspecified atom stereocenters. The molecule has 0 atom stereocenters. The molecule has 0 saturated heterocycles. The Hall–Kier alpha value is -2.37. The number of aryl methyl sites for hydroxylation is 1. The van der Waals surface area contributed by atoms with Gasteiger partial charge in [-0.05, 0) is 23.6 Å². The summed E-state index contributed by atoms with van der Waals surface area (Å²) in [7, 11) is 0. The van der Waals surface area contributed by atoms with E-state index in [0.29, 0.717) is 6.61 Å². The number of hydrogen-bond donors (Lipinski definition) is 1. The average molecular weight is 247 g/mol. The lowest BCUT2D eigenvalue weighted by atomic mass is 10.1. The van der Waals surface area contributed by atoms with Gasteiger partial charge in [-0.3, -0.25) is 5.32 Å². The van der Waals surface area contributed by atoms with Gasteiger partial charge in [-0.2, -0.15) is 4.98 Å². The van der Waals surface area contributed by atoms with Gasteiger partial charge in [-0.15, -0.1) is 0 Å². The highest BCUT2D eigenvalue weighted by molar-refractivity contribution is 5.81. The minimum Gasteiger partial charge on any atom is -0.449 e. The van der Waals surface area contributed by atoms with Crippen molar-refractivity contribution in [3.63, 3.8) is 0 Å². The molecule has 2 aromatic rings. The van der Waals surface area contributed by atoms with Crippen molar-refractivity contribution < 1.29 is 14.1 Å². The number of benzene rings is 1. The Kier molecular flexibility index (Phi) is 4.29. The molecule has 0 bridgehead atoms. The zero-order valence-electron chi connectivity index (χ0n) is 9.70. The first-order valence-corrected chi connectivity index (χ1v) is 5.58. The van der Waals surface area contributed by atoms with E-state index >= 15 is 0 Å². The van der Waals surface area contributed by atoms with Crippen molar-refractivity contribution in [2.75, 3.05) is 11.9 Å².